The molecule has 0 fully saturated rings. The van der Waals surface area contributed by atoms with E-state index in [1.54, 1.807) is 6.07 Å². The summed E-state index contributed by atoms with van der Waals surface area (Å²) < 4.78 is 0. The third-order valence-corrected chi connectivity index (χ3v) is 2.87. The summed E-state index contributed by atoms with van der Waals surface area (Å²) in [6.07, 6.45) is 2.82. The summed E-state index contributed by atoms with van der Waals surface area (Å²) in [7, 11) is 0. The highest BCUT2D eigenvalue weighted by molar-refractivity contribution is 7.14. The number of hydrogen-bond acceptors (Lipinski definition) is 3. The number of carboxylic acid groups (broad SMARTS) is 1. The third-order valence-electron chi connectivity index (χ3n) is 1.63. The summed E-state index contributed by atoms with van der Waals surface area (Å²) in [5, 5.41) is 8.33. The van der Waals surface area contributed by atoms with Crippen LogP contribution in [0.25, 0.3) is 0 Å². The van der Waals surface area contributed by atoms with Crippen molar-refractivity contribution in [3.05, 3.63) is 34.0 Å². The summed E-state index contributed by atoms with van der Waals surface area (Å²) in [4.78, 5) is 23.2. The largest absolute Gasteiger partial charge is 0.478 e. The van der Waals surface area contributed by atoms with Crippen LogP contribution in [0, 0.1) is 0 Å². The lowest BCUT2D eigenvalue weighted by Gasteiger charge is -1.87. The van der Waals surface area contributed by atoms with Gasteiger partial charge in [0.05, 0.1) is 4.88 Å². The Morgan fingerprint density at radius 2 is 2.14 bits per heavy atom. The van der Waals surface area contributed by atoms with E-state index >= 15 is 0 Å². The van der Waals surface area contributed by atoms with Gasteiger partial charge in [0.1, 0.15) is 0 Å². The molecule has 0 aliphatic carbocycles. The smallest absolute Gasteiger partial charge is 0.328 e. The van der Waals surface area contributed by atoms with E-state index in [9.17, 15) is 9.59 Å². The summed E-state index contributed by atoms with van der Waals surface area (Å²) in [5.41, 5.74) is 0. The zero-order chi connectivity index (χ0) is 10.6. The van der Waals surface area contributed by atoms with Crippen molar-refractivity contribution < 1.29 is 14.7 Å². The van der Waals surface area contributed by atoms with E-state index in [4.69, 9.17) is 5.11 Å². The Morgan fingerprint density at radius 3 is 2.64 bits per heavy atom. The van der Waals surface area contributed by atoms with Crippen LogP contribution >= 0.6 is 11.3 Å². The molecule has 1 aromatic rings. The molecule has 0 aliphatic rings. The van der Waals surface area contributed by atoms with Gasteiger partial charge in [0.25, 0.3) is 0 Å². The summed E-state index contributed by atoms with van der Waals surface area (Å²) in [6.45, 7) is 2.01. The lowest BCUT2D eigenvalue weighted by Crippen LogP contribution is -1.93. The maximum atomic E-state index is 11.3. The third kappa shape index (κ3) is 2.81. The van der Waals surface area contributed by atoms with Crippen molar-refractivity contribution in [2.75, 3.05) is 0 Å². The molecule has 0 spiro atoms. The van der Waals surface area contributed by atoms with Crippen molar-refractivity contribution in [2.45, 2.75) is 13.3 Å². The summed E-state index contributed by atoms with van der Waals surface area (Å²) in [6, 6.07) is 3.60. The van der Waals surface area contributed by atoms with Gasteiger partial charge in [-0.05, 0) is 24.6 Å². The Labute approximate surface area is 85.7 Å². The fourth-order valence-corrected chi connectivity index (χ4v) is 1.80. The minimum absolute atomic E-state index is 0.253. The minimum Gasteiger partial charge on any atom is -0.478 e. The molecule has 1 rings (SSSR count). The molecule has 0 saturated heterocycles. The zero-order valence-corrected chi connectivity index (χ0v) is 8.50. The average molecular weight is 210 g/mol. The predicted octanol–water partition coefficient (Wildman–Crippen LogP) is 2.13. The summed E-state index contributed by atoms with van der Waals surface area (Å²) in [5.74, 6) is -1.36. The van der Waals surface area contributed by atoms with Crippen molar-refractivity contribution in [3.8, 4) is 0 Å². The van der Waals surface area contributed by atoms with Gasteiger partial charge in [0.15, 0.2) is 5.78 Å². The van der Waals surface area contributed by atoms with Crippen molar-refractivity contribution in [2.24, 2.45) is 0 Å². The van der Waals surface area contributed by atoms with Crippen LogP contribution in [-0.4, -0.2) is 16.9 Å². The Kier molecular flexibility index (Phi) is 3.59. The molecule has 0 bridgehead atoms. The molecule has 0 radical (unpaired) electrons. The van der Waals surface area contributed by atoms with E-state index < -0.39 is 5.97 Å². The van der Waals surface area contributed by atoms with Gasteiger partial charge >= 0.3 is 5.97 Å². The first-order valence-electron chi connectivity index (χ1n) is 4.17. The second-order valence-electron chi connectivity index (χ2n) is 2.66. The van der Waals surface area contributed by atoms with Gasteiger partial charge in [0, 0.05) is 11.0 Å². The molecular formula is C10H10O3S. The number of carboxylic acids is 1. The number of allylic oxidation sites excluding steroid dienone is 1. The van der Waals surface area contributed by atoms with Crippen LogP contribution in [0.1, 0.15) is 21.5 Å². The zero-order valence-electron chi connectivity index (χ0n) is 7.69. The number of carbonyl (C=O) groups is 2. The predicted molar refractivity (Wildman–Crippen MR) is 54.8 cm³/mol. The van der Waals surface area contributed by atoms with Crippen LogP contribution in [0.4, 0.5) is 0 Å². The molecule has 1 N–H and O–H groups in total. The Hall–Kier alpha value is -1.42. The van der Waals surface area contributed by atoms with Crippen LogP contribution in [0.3, 0.4) is 0 Å². The van der Waals surface area contributed by atoms with Gasteiger partial charge in [-0.25, -0.2) is 4.79 Å². The molecule has 14 heavy (non-hydrogen) atoms. The fraction of sp³-hybridized carbons (Fsp3) is 0.200. The maximum Gasteiger partial charge on any atom is 0.328 e. The van der Waals surface area contributed by atoms with E-state index in [0.717, 1.165) is 23.5 Å². The molecule has 4 heteroatoms. The lowest BCUT2D eigenvalue weighted by molar-refractivity contribution is -0.131. The molecule has 0 aliphatic heterocycles. The molecule has 3 nitrogen and oxygen atoms in total. The van der Waals surface area contributed by atoms with Crippen LogP contribution in [0.15, 0.2) is 24.3 Å². The first kappa shape index (κ1) is 10.7. The van der Waals surface area contributed by atoms with Gasteiger partial charge in [-0.2, -0.15) is 0 Å². The Morgan fingerprint density at radius 1 is 1.43 bits per heavy atom. The highest BCUT2D eigenvalue weighted by Gasteiger charge is 2.05. The minimum atomic E-state index is -1.11. The van der Waals surface area contributed by atoms with Gasteiger partial charge in [0.2, 0.25) is 0 Å². The van der Waals surface area contributed by atoms with E-state index in [1.807, 2.05) is 13.0 Å². The molecule has 0 atom stereocenters. The van der Waals surface area contributed by atoms with Crippen molar-refractivity contribution in [1.29, 1.82) is 0 Å². The number of aryl methyl sites for hydroxylation is 1. The molecule has 1 heterocycles. The van der Waals surface area contributed by atoms with E-state index in [0.29, 0.717) is 4.88 Å². The normalized spacial score (nSPS) is 10.6. The second-order valence-corrected chi connectivity index (χ2v) is 3.82. The van der Waals surface area contributed by atoms with Crippen LogP contribution in [0.5, 0.6) is 0 Å². The highest BCUT2D eigenvalue weighted by atomic mass is 32.1. The van der Waals surface area contributed by atoms with E-state index in [1.165, 1.54) is 11.3 Å². The van der Waals surface area contributed by atoms with E-state index in [2.05, 4.69) is 0 Å². The number of thiophene rings is 1. The van der Waals surface area contributed by atoms with E-state index in [-0.39, 0.29) is 5.78 Å². The van der Waals surface area contributed by atoms with Crippen molar-refractivity contribution in [1.82, 2.24) is 0 Å². The monoisotopic (exact) mass is 210 g/mol. The molecule has 0 saturated carbocycles. The summed E-state index contributed by atoms with van der Waals surface area (Å²) >= 11 is 1.40. The highest BCUT2D eigenvalue weighted by Crippen LogP contribution is 2.17. The van der Waals surface area contributed by atoms with Gasteiger partial charge in [-0.3, -0.25) is 4.79 Å². The van der Waals surface area contributed by atoms with Crippen LogP contribution in [-0.2, 0) is 11.2 Å². The van der Waals surface area contributed by atoms with Crippen LogP contribution < -0.4 is 0 Å². The lowest BCUT2D eigenvalue weighted by atomic mass is 10.3. The number of carbonyl (C=O) groups excluding carboxylic acids is 1. The molecule has 1 aromatic heterocycles. The molecule has 0 amide bonds. The molecule has 0 unspecified atom stereocenters. The Balaban J connectivity index is 2.74. The second kappa shape index (κ2) is 4.72. The standard InChI is InChI=1S/C10H10O3S/c1-2-7-3-5-9(14-7)8(11)4-6-10(12)13/h3-6H,2H2,1H3,(H,12,13). The van der Waals surface area contributed by atoms with Crippen molar-refractivity contribution in [3.63, 3.8) is 0 Å². The SMILES string of the molecule is CCc1ccc(C(=O)C=CC(=O)O)s1. The topological polar surface area (TPSA) is 54.4 Å². The van der Waals surface area contributed by atoms with Gasteiger partial charge in [-0.1, -0.05) is 6.92 Å². The first-order valence-corrected chi connectivity index (χ1v) is 4.99. The quantitative estimate of drug-likeness (QED) is 0.611. The molecular weight excluding hydrogens is 200 g/mol. The van der Waals surface area contributed by atoms with Crippen molar-refractivity contribution >= 4 is 23.1 Å². The first-order chi connectivity index (χ1) is 6.63. The molecule has 74 valence electrons. The van der Waals surface area contributed by atoms with Gasteiger partial charge in [-0.15, -0.1) is 11.3 Å². The molecule has 0 aromatic carbocycles. The number of ketones is 1. The van der Waals surface area contributed by atoms with Gasteiger partial charge < -0.3 is 5.11 Å². The number of aliphatic carboxylic acids is 1. The Bertz CT molecular complexity index is 376. The maximum absolute atomic E-state index is 11.3. The number of rotatable bonds is 4. The fourth-order valence-electron chi connectivity index (χ4n) is 0.929. The average Bonchev–Trinajstić information content (AvgIpc) is 2.62. The van der Waals surface area contributed by atoms with Crippen LogP contribution in [0.2, 0.25) is 0 Å². The number of hydrogen-bond donors (Lipinski definition) is 1.